The quantitative estimate of drug-likeness (QED) is 0.452. The van der Waals surface area contributed by atoms with Gasteiger partial charge >= 0.3 is 0 Å². The summed E-state index contributed by atoms with van der Waals surface area (Å²) in [5.41, 5.74) is 4.20. The molecule has 2 saturated heterocycles. The van der Waals surface area contributed by atoms with Crippen molar-refractivity contribution in [3.05, 3.63) is 52.6 Å². The number of amides is 3. The molecule has 2 fully saturated rings. The second kappa shape index (κ2) is 9.87. The molecule has 5 rings (SSSR count). The van der Waals surface area contributed by atoms with Crippen LogP contribution in [0.5, 0.6) is 5.75 Å². The van der Waals surface area contributed by atoms with Gasteiger partial charge < -0.3 is 14.4 Å². The Bertz CT molecular complexity index is 1180. The number of fused-ring (bicyclic) bond motifs is 1. The molecule has 3 heterocycles. The van der Waals surface area contributed by atoms with Gasteiger partial charge in [-0.25, -0.2) is 0 Å². The predicted octanol–water partition coefficient (Wildman–Crippen LogP) is -0.554. The Morgan fingerprint density at radius 2 is 1.80 bits per heavy atom. The molecule has 1 unspecified atom stereocenters. The Morgan fingerprint density at radius 3 is 2.57 bits per heavy atom. The lowest BCUT2D eigenvalue weighted by Gasteiger charge is -2.29. The van der Waals surface area contributed by atoms with Gasteiger partial charge in [-0.1, -0.05) is 29.1 Å². The van der Waals surface area contributed by atoms with Gasteiger partial charge in [-0.2, -0.15) is 0 Å². The van der Waals surface area contributed by atoms with Gasteiger partial charge in [0.05, 0.1) is 19.8 Å². The smallest absolute Gasteiger partial charge is 0.255 e. The maximum Gasteiger partial charge on any atom is 0.255 e. The number of piperidine rings is 1. The summed E-state index contributed by atoms with van der Waals surface area (Å²) in [5, 5.41) is 2.32. The summed E-state index contributed by atoms with van der Waals surface area (Å²) in [7, 11) is 12.7. The molecular formula is C25H25B2N3O5. The number of imide groups is 1. The van der Waals surface area contributed by atoms with Crippen molar-refractivity contribution in [3.63, 3.8) is 0 Å². The van der Waals surface area contributed by atoms with Crippen LogP contribution in [0, 0.1) is 0 Å². The van der Waals surface area contributed by atoms with Crippen LogP contribution in [0.1, 0.15) is 39.9 Å². The molecule has 3 aliphatic rings. The minimum atomic E-state index is -0.671. The Kier molecular flexibility index (Phi) is 6.67. The first-order valence-electron chi connectivity index (χ1n) is 11.8. The molecule has 0 bridgehead atoms. The molecule has 8 nitrogen and oxygen atoms in total. The molecule has 1 N–H and O–H groups in total. The van der Waals surface area contributed by atoms with E-state index in [-0.39, 0.29) is 31.4 Å². The standard InChI is InChI=1S/C25H25B2N3O5/c26-19-11-16(20(27)10-15(19)12-29-6-8-34-9-7-29)14-35-22-3-1-2-17-18(22)13-30(25(17)33)21-4-5-23(31)28-24(21)32/h1-3,10-11,21H,4-9,12-14H2,(H,28,31,32). The van der Waals surface area contributed by atoms with E-state index >= 15 is 0 Å². The number of rotatable bonds is 6. The molecule has 0 spiro atoms. The van der Waals surface area contributed by atoms with Crippen molar-refractivity contribution in [2.75, 3.05) is 26.3 Å². The number of morpholine rings is 1. The van der Waals surface area contributed by atoms with Crippen molar-refractivity contribution >= 4 is 44.3 Å². The summed E-state index contributed by atoms with van der Waals surface area (Å²) in [6.07, 6.45) is 0.523. The highest BCUT2D eigenvalue weighted by Gasteiger charge is 2.40. The fourth-order valence-electron chi connectivity index (χ4n) is 4.84. The van der Waals surface area contributed by atoms with Gasteiger partial charge in [-0.15, -0.1) is 0 Å². The number of carbonyl (C=O) groups is 3. The first kappa shape index (κ1) is 23.6. The van der Waals surface area contributed by atoms with E-state index < -0.39 is 11.9 Å². The summed E-state index contributed by atoms with van der Waals surface area (Å²) in [6, 6.07) is 8.34. The van der Waals surface area contributed by atoms with Crippen LogP contribution in [0.3, 0.4) is 0 Å². The van der Waals surface area contributed by atoms with Crippen molar-refractivity contribution < 1.29 is 23.9 Å². The molecule has 10 heteroatoms. The molecule has 176 valence electrons. The summed E-state index contributed by atoms with van der Waals surface area (Å²) in [6.45, 7) is 4.29. The van der Waals surface area contributed by atoms with E-state index in [2.05, 4.69) is 10.2 Å². The first-order valence-corrected chi connectivity index (χ1v) is 11.8. The highest BCUT2D eigenvalue weighted by atomic mass is 16.5. The monoisotopic (exact) mass is 469 g/mol. The SMILES string of the molecule is [B]c1cc(CN2CCOCC2)c([B])cc1COc1cccc2c1CN(C1CCC(=O)NC1=O)C2=O. The Morgan fingerprint density at radius 1 is 1.06 bits per heavy atom. The zero-order chi connectivity index (χ0) is 24.5. The summed E-state index contributed by atoms with van der Waals surface area (Å²) in [4.78, 5) is 40.6. The number of nitrogens with one attached hydrogen (secondary N) is 1. The number of benzene rings is 2. The van der Waals surface area contributed by atoms with Gasteiger partial charge in [0.2, 0.25) is 11.8 Å². The van der Waals surface area contributed by atoms with Crippen LogP contribution in [0.2, 0.25) is 0 Å². The lowest BCUT2D eigenvalue weighted by Crippen LogP contribution is -2.52. The minimum Gasteiger partial charge on any atom is -0.489 e. The van der Waals surface area contributed by atoms with Crippen molar-refractivity contribution in [1.82, 2.24) is 15.1 Å². The molecule has 1 atom stereocenters. The van der Waals surface area contributed by atoms with Crippen LogP contribution >= 0.6 is 0 Å². The molecule has 0 aromatic heterocycles. The highest BCUT2D eigenvalue weighted by molar-refractivity contribution is 6.37. The molecule has 4 radical (unpaired) electrons. The van der Waals surface area contributed by atoms with Crippen molar-refractivity contribution in [2.24, 2.45) is 0 Å². The molecular weight excluding hydrogens is 444 g/mol. The van der Waals surface area contributed by atoms with Crippen LogP contribution in [0.25, 0.3) is 0 Å². The fourth-order valence-corrected chi connectivity index (χ4v) is 4.84. The van der Waals surface area contributed by atoms with E-state index in [1.165, 1.54) is 4.90 Å². The summed E-state index contributed by atoms with van der Waals surface area (Å²) < 4.78 is 11.5. The minimum absolute atomic E-state index is 0.191. The molecule has 2 aromatic rings. The van der Waals surface area contributed by atoms with E-state index in [0.717, 1.165) is 29.8 Å². The maximum absolute atomic E-state index is 13.0. The average Bonchev–Trinajstić information content (AvgIpc) is 3.18. The molecule has 0 aliphatic carbocycles. The van der Waals surface area contributed by atoms with E-state index in [0.29, 0.717) is 48.4 Å². The van der Waals surface area contributed by atoms with Crippen molar-refractivity contribution in [1.29, 1.82) is 0 Å². The molecule has 35 heavy (non-hydrogen) atoms. The number of hydrogen-bond donors (Lipinski definition) is 1. The number of hydrogen-bond acceptors (Lipinski definition) is 6. The topological polar surface area (TPSA) is 88.2 Å². The third kappa shape index (κ3) is 4.86. The maximum atomic E-state index is 13.0. The Balaban J connectivity index is 1.29. The first-order chi connectivity index (χ1) is 16.9. The lowest BCUT2D eigenvalue weighted by molar-refractivity contribution is -0.136. The zero-order valence-electron chi connectivity index (χ0n) is 19.4. The summed E-state index contributed by atoms with van der Waals surface area (Å²) in [5.74, 6) is -0.435. The third-order valence-corrected chi connectivity index (χ3v) is 6.82. The Hall–Kier alpha value is -3.10. The second-order valence-corrected chi connectivity index (χ2v) is 9.11. The van der Waals surface area contributed by atoms with Gasteiger partial charge in [0, 0.05) is 37.2 Å². The van der Waals surface area contributed by atoms with Gasteiger partial charge in [-0.3, -0.25) is 24.6 Å². The zero-order valence-corrected chi connectivity index (χ0v) is 19.4. The van der Waals surface area contributed by atoms with E-state index in [9.17, 15) is 14.4 Å². The highest BCUT2D eigenvalue weighted by Crippen LogP contribution is 2.33. The number of nitrogens with zero attached hydrogens (tertiary/aromatic N) is 2. The van der Waals surface area contributed by atoms with Gasteiger partial charge in [0.25, 0.3) is 5.91 Å². The van der Waals surface area contributed by atoms with E-state index in [1.54, 1.807) is 18.2 Å². The van der Waals surface area contributed by atoms with E-state index in [1.807, 2.05) is 12.1 Å². The largest absolute Gasteiger partial charge is 0.489 e. The van der Waals surface area contributed by atoms with Gasteiger partial charge in [0.15, 0.2) is 0 Å². The van der Waals surface area contributed by atoms with Gasteiger partial charge in [0.1, 0.15) is 34.1 Å². The van der Waals surface area contributed by atoms with Crippen molar-refractivity contribution in [3.8, 4) is 5.75 Å². The molecule has 0 saturated carbocycles. The second-order valence-electron chi connectivity index (χ2n) is 9.11. The van der Waals surface area contributed by atoms with Crippen LogP contribution in [-0.2, 0) is 34.0 Å². The number of carbonyl (C=O) groups excluding carboxylic acids is 3. The molecule has 3 amide bonds. The summed E-state index contributed by atoms with van der Waals surface area (Å²) >= 11 is 0. The van der Waals surface area contributed by atoms with Gasteiger partial charge in [-0.05, 0) is 29.7 Å². The number of ether oxygens (including phenoxy) is 2. The lowest BCUT2D eigenvalue weighted by atomic mass is 9.81. The normalized spacial score (nSPS) is 20.6. The van der Waals surface area contributed by atoms with Crippen LogP contribution in [0.4, 0.5) is 0 Å². The van der Waals surface area contributed by atoms with Crippen LogP contribution < -0.4 is 21.0 Å². The van der Waals surface area contributed by atoms with Crippen LogP contribution in [0.15, 0.2) is 30.3 Å². The molecule has 2 aromatic carbocycles. The molecule has 3 aliphatic heterocycles. The Labute approximate surface area is 206 Å². The van der Waals surface area contributed by atoms with Crippen LogP contribution in [-0.4, -0.2) is 75.6 Å². The fraction of sp³-hybridized carbons (Fsp3) is 0.400. The predicted molar refractivity (Wildman–Crippen MR) is 130 cm³/mol. The average molecular weight is 469 g/mol. The third-order valence-electron chi connectivity index (χ3n) is 6.82. The van der Waals surface area contributed by atoms with E-state index in [4.69, 9.17) is 25.2 Å². The van der Waals surface area contributed by atoms with Crippen molar-refractivity contribution in [2.45, 2.75) is 38.6 Å².